The van der Waals surface area contributed by atoms with Gasteiger partial charge in [0.05, 0.1) is 59.2 Å². The van der Waals surface area contributed by atoms with Crippen molar-refractivity contribution in [2.75, 3.05) is 48.8 Å². The number of hydrogen-bond acceptors (Lipinski definition) is 13. The molecule has 2 amide bonds. The Morgan fingerprint density at radius 3 is 1.75 bits per heavy atom. The number of ether oxygens (including phenoxy) is 1. The fourth-order valence-electron chi connectivity index (χ4n) is 6.14. The lowest BCUT2D eigenvalue weighted by molar-refractivity contribution is 0.0303. The van der Waals surface area contributed by atoms with Gasteiger partial charge in [-0.25, -0.2) is 16.8 Å². The second-order valence-electron chi connectivity index (χ2n) is 12.5. The molecule has 55 heavy (non-hydrogen) atoms. The van der Waals surface area contributed by atoms with E-state index in [9.17, 15) is 26.4 Å². The van der Waals surface area contributed by atoms with Crippen molar-refractivity contribution in [1.82, 2.24) is 27.3 Å². The first-order chi connectivity index (χ1) is 26.5. The fraction of sp³-hybridized carbons (Fsp3) is 0.257. The summed E-state index contributed by atoms with van der Waals surface area (Å²) in [6.07, 6.45) is 2.96. The van der Waals surface area contributed by atoms with Gasteiger partial charge >= 0.3 is 0 Å². The first kappa shape index (κ1) is 38.5. The number of carbonyl (C=O) groups excluding carboxylic acids is 2. The number of amides is 2. The van der Waals surface area contributed by atoms with Gasteiger partial charge in [-0.1, -0.05) is 35.9 Å². The molecule has 0 bridgehead atoms. The quantitative estimate of drug-likeness (QED) is 0.190. The number of anilines is 2. The molecule has 2 N–H and O–H groups in total. The Balaban J connectivity index is 0.000000169. The average Bonchev–Trinajstić information content (AvgIpc) is 3.89. The molecule has 0 spiro atoms. The Kier molecular flexibility index (Phi) is 11.6. The number of morpholine rings is 1. The van der Waals surface area contributed by atoms with Gasteiger partial charge in [0.15, 0.2) is 0 Å². The number of sulfonamides is 2. The highest BCUT2D eigenvalue weighted by molar-refractivity contribution is 7.93. The number of aromatic nitrogens is 4. The highest BCUT2D eigenvalue weighted by atomic mass is 35.5. The maximum Gasteiger partial charge on any atom is 0.264 e. The summed E-state index contributed by atoms with van der Waals surface area (Å²) < 4.78 is 78.6. The molecule has 8 rings (SSSR count). The molecule has 15 nitrogen and oxygen atoms in total. The molecular formula is C35H33ClN8O7S4. The zero-order valence-electron chi connectivity index (χ0n) is 28.9. The van der Waals surface area contributed by atoms with Crippen LogP contribution in [0.1, 0.15) is 40.0 Å². The van der Waals surface area contributed by atoms with Crippen LogP contribution in [0.25, 0.3) is 22.1 Å². The van der Waals surface area contributed by atoms with Crippen molar-refractivity contribution < 1.29 is 31.2 Å². The number of piperidine rings is 1. The number of halogens is 1. The molecule has 0 saturated carbocycles. The van der Waals surface area contributed by atoms with Crippen LogP contribution in [-0.2, 0) is 24.8 Å². The second kappa shape index (κ2) is 16.5. The van der Waals surface area contributed by atoms with Gasteiger partial charge < -0.3 is 14.5 Å². The highest BCUT2D eigenvalue weighted by Gasteiger charge is 2.27. The van der Waals surface area contributed by atoms with Crippen molar-refractivity contribution in [3.63, 3.8) is 0 Å². The SMILES string of the molecule is O=C(c1cc(Cl)ccc1NS(=O)(=O)c1cccc2nsnc12)N1CCCCC1.O=C(c1ccccc1NS(=O)(=O)c1cccc2nsnc12)N1CCOCC1. The highest BCUT2D eigenvalue weighted by Crippen LogP contribution is 2.29. The summed E-state index contributed by atoms with van der Waals surface area (Å²) in [6, 6.07) is 20.7. The lowest BCUT2D eigenvalue weighted by Crippen LogP contribution is -2.41. The first-order valence-corrected chi connectivity index (χ1v) is 21.9. The fourth-order valence-corrected chi connectivity index (χ4v) is 10.0. The van der Waals surface area contributed by atoms with Crippen LogP contribution in [0.2, 0.25) is 5.02 Å². The van der Waals surface area contributed by atoms with Crippen LogP contribution in [0.15, 0.2) is 88.7 Å². The van der Waals surface area contributed by atoms with Crippen molar-refractivity contribution in [2.24, 2.45) is 0 Å². The van der Waals surface area contributed by atoms with E-state index >= 15 is 0 Å². The molecule has 2 aromatic heterocycles. The third kappa shape index (κ3) is 8.56. The number of para-hydroxylation sites is 1. The maximum atomic E-state index is 13.0. The summed E-state index contributed by atoms with van der Waals surface area (Å²) in [5, 5.41) is 0.370. The smallest absolute Gasteiger partial charge is 0.264 e. The van der Waals surface area contributed by atoms with E-state index < -0.39 is 20.0 Å². The third-order valence-corrected chi connectivity index (χ3v) is 13.0. The van der Waals surface area contributed by atoms with E-state index in [0.29, 0.717) is 72.0 Å². The minimum atomic E-state index is -3.97. The predicted octanol–water partition coefficient (Wildman–Crippen LogP) is 5.74. The Hall–Kier alpha value is -4.79. The van der Waals surface area contributed by atoms with E-state index in [2.05, 4.69) is 26.9 Å². The van der Waals surface area contributed by atoms with Crippen molar-refractivity contribution in [2.45, 2.75) is 29.1 Å². The summed E-state index contributed by atoms with van der Waals surface area (Å²) in [6.45, 7) is 3.20. The molecule has 20 heteroatoms. The molecule has 286 valence electrons. The number of fused-ring (bicyclic) bond motifs is 2. The van der Waals surface area contributed by atoms with Crippen LogP contribution in [-0.4, -0.2) is 95.3 Å². The Morgan fingerprint density at radius 1 is 0.618 bits per heavy atom. The third-order valence-electron chi connectivity index (χ3n) is 8.88. The minimum absolute atomic E-state index is 0.0186. The van der Waals surface area contributed by atoms with Crippen molar-refractivity contribution in [1.29, 1.82) is 0 Å². The minimum Gasteiger partial charge on any atom is -0.378 e. The van der Waals surface area contributed by atoms with Crippen LogP contribution >= 0.6 is 35.1 Å². The van der Waals surface area contributed by atoms with Crippen molar-refractivity contribution in [3.8, 4) is 0 Å². The number of benzene rings is 4. The molecule has 2 saturated heterocycles. The Labute approximate surface area is 330 Å². The topological polar surface area (TPSA) is 194 Å². The molecule has 0 radical (unpaired) electrons. The van der Waals surface area contributed by atoms with Gasteiger partial charge in [0, 0.05) is 31.2 Å². The van der Waals surface area contributed by atoms with E-state index in [1.54, 1.807) is 64.4 Å². The number of carbonyl (C=O) groups is 2. The zero-order valence-corrected chi connectivity index (χ0v) is 32.9. The number of hydrogen-bond donors (Lipinski definition) is 2. The van der Waals surface area contributed by atoms with Crippen LogP contribution in [0, 0.1) is 0 Å². The summed E-state index contributed by atoms with van der Waals surface area (Å²) in [5.41, 5.74) is 2.60. The molecule has 0 aliphatic carbocycles. The van der Waals surface area contributed by atoms with Gasteiger partial charge in [0.2, 0.25) is 0 Å². The average molecular weight is 841 g/mol. The molecular weight excluding hydrogens is 808 g/mol. The molecule has 2 fully saturated rings. The second-order valence-corrected chi connectivity index (χ2v) is 17.3. The lowest BCUT2D eigenvalue weighted by atomic mass is 10.1. The molecule has 4 heterocycles. The van der Waals surface area contributed by atoms with Gasteiger partial charge in [-0.05, 0) is 73.9 Å². The Morgan fingerprint density at radius 2 is 1.15 bits per heavy atom. The summed E-state index contributed by atoms with van der Waals surface area (Å²) in [5.74, 6) is -0.460. The van der Waals surface area contributed by atoms with E-state index in [1.807, 2.05) is 0 Å². The van der Waals surface area contributed by atoms with E-state index in [-0.39, 0.29) is 38.5 Å². The molecule has 0 atom stereocenters. The van der Waals surface area contributed by atoms with Crippen LogP contribution < -0.4 is 9.44 Å². The van der Waals surface area contributed by atoms with Crippen LogP contribution in [0.3, 0.4) is 0 Å². The van der Waals surface area contributed by atoms with Gasteiger partial charge in [0.25, 0.3) is 31.9 Å². The molecule has 2 aliphatic heterocycles. The summed E-state index contributed by atoms with van der Waals surface area (Å²) in [4.78, 5) is 29.2. The number of rotatable bonds is 8. The standard InChI is InChI=1S/C18H17ClN4O3S2.C17H16N4O4S2/c19-12-7-8-14(13(11-12)18(24)23-9-2-1-3-10-23)22-28(25,26)16-6-4-5-15-17(16)21-27-20-15;22-17(21-8-10-25-11-9-21)12-4-1-2-5-13(12)20-27(23,24)15-7-3-6-14-16(15)19-26-18-14/h4-8,11,22H,1-3,9-10H2;1-7,20H,8-11H2. The first-order valence-electron chi connectivity index (χ1n) is 17.0. The normalized spacial score (nSPS) is 15.0. The lowest BCUT2D eigenvalue weighted by Gasteiger charge is -2.27. The van der Waals surface area contributed by atoms with E-state index in [1.165, 1.54) is 24.3 Å². The zero-order chi connectivity index (χ0) is 38.6. The Bertz CT molecular complexity index is 2590. The predicted molar refractivity (Wildman–Crippen MR) is 211 cm³/mol. The molecule has 0 unspecified atom stereocenters. The number of nitrogens with zero attached hydrogens (tertiary/aromatic N) is 6. The summed E-state index contributed by atoms with van der Waals surface area (Å²) in [7, 11) is -7.91. The van der Waals surface area contributed by atoms with Gasteiger partial charge in [0.1, 0.15) is 31.9 Å². The van der Waals surface area contributed by atoms with Gasteiger partial charge in [-0.15, -0.1) is 0 Å². The number of likely N-dealkylation sites (tertiary alicyclic amines) is 1. The number of nitrogens with one attached hydrogen (secondary N) is 2. The van der Waals surface area contributed by atoms with Crippen molar-refractivity contribution >= 4 is 100 Å². The van der Waals surface area contributed by atoms with Crippen LogP contribution in [0.4, 0.5) is 11.4 Å². The van der Waals surface area contributed by atoms with Crippen molar-refractivity contribution in [3.05, 3.63) is 95.0 Å². The van der Waals surface area contributed by atoms with E-state index in [0.717, 1.165) is 42.7 Å². The van der Waals surface area contributed by atoms with E-state index in [4.69, 9.17) is 16.3 Å². The van der Waals surface area contributed by atoms with Gasteiger partial charge in [-0.2, -0.15) is 17.5 Å². The largest absolute Gasteiger partial charge is 0.378 e. The molecule has 2 aliphatic rings. The molecule has 4 aromatic carbocycles. The summed E-state index contributed by atoms with van der Waals surface area (Å²) >= 11 is 7.99. The van der Waals surface area contributed by atoms with Crippen LogP contribution in [0.5, 0.6) is 0 Å². The maximum absolute atomic E-state index is 13.0. The monoisotopic (exact) mass is 840 g/mol. The molecule has 6 aromatic rings. The van der Waals surface area contributed by atoms with Gasteiger partial charge in [-0.3, -0.25) is 19.0 Å².